The molecule has 0 atom stereocenters. The normalized spacial score (nSPS) is 11.0. The molecule has 2 aromatic carbocycles. The number of carbonyl (C=O) groups excluding carboxylic acids is 1. The van der Waals surface area contributed by atoms with Crippen molar-refractivity contribution in [3.05, 3.63) is 65.1 Å². The van der Waals surface area contributed by atoms with E-state index in [4.69, 9.17) is 9.15 Å². The molecule has 1 N–H and O–H groups in total. The van der Waals surface area contributed by atoms with Crippen molar-refractivity contribution in [1.82, 2.24) is 9.55 Å². The summed E-state index contributed by atoms with van der Waals surface area (Å²) in [7, 11) is 1.53. The van der Waals surface area contributed by atoms with Gasteiger partial charge in [-0.1, -0.05) is 24.3 Å². The maximum absolute atomic E-state index is 12.5. The van der Waals surface area contributed by atoms with E-state index < -0.39 is 5.76 Å². The Hall–Kier alpha value is -3.61. The fourth-order valence-corrected chi connectivity index (χ4v) is 2.84. The Morgan fingerprint density at radius 2 is 2.00 bits per heavy atom. The SMILES string of the molecule is COc1ccc2cccc(NC(=O)Cn3c(=O)oc4ccccc43)c2n1. The largest absolute Gasteiger partial charge is 0.481 e. The minimum Gasteiger partial charge on any atom is -0.481 e. The molecule has 0 aliphatic heterocycles. The average molecular weight is 349 g/mol. The van der Waals surface area contributed by atoms with Gasteiger partial charge in [0.15, 0.2) is 5.58 Å². The van der Waals surface area contributed by atoms with Crippen molar-refractivity contribution in [2.24, 2.45) is 0 Å². The van der Waals surface area contributed by atoms with Crippen LogP contribution in [0.25, 0.3) is 22.0 Å². The van der Waals surface area contributed by atoms with Crippen molar-refractivity contribution in [1.29, 1.82) is 0 Å². The third-order valence-corrected chi connectivity index (χ3v) is 4.05. The number of nitrogens with zero attached hydrogens (tertiary/aromatic N) is 2. The number of rotatable bonds is 4. The van der Waals surface area contributed by atoms with E-state index in [0.29, 0.717) is 28.2 Å². The summed E-state index contributed by atoms with van der Waals surface area (Å²) in [5.74, 6) is -0.467. The van der Waals surface area contributed by atoms with E-state index in [1.165, 1.54) is 11.7 Å². The van der Waals surface area contributed by atoms with E-state index in [9.17, 15) is 9.59 Å². The third-order valence-electron chi connectivity index (χ3n) is 4.05. The standard InChI is InChI=1S/C19H15N3O4/c1-25-17-10-9-12-5-4-6-13(18(12)21-17)20-16(23)11-22-14-7-2-3-8-15(14)26-19(22)24/h2-10H,11H2,1H3,(H,20,23). The van der Waals surface area contributed by atoms with Crippen molar-refractivity contribution >= 4 is 33.6 Å². The van der Waals surface area contributed by atoms with E-state index >= 15 is 0 Å². The Balaban J connectivity index is 1.65. The molecule has 0 radical (unpaired) electrons. The molecule has 130 valence electrons. The molecule has 4 aromatic rings. The molecule has 0 unspecified atom stereocenters. The number of para-hydroxylation sites is 3. The summed E-state index contributed by atoms with van der Waals surface area (Å²) in [6.45, 7) is -0.157. The molecule has 26 heavy (non-hydrogen) atoms. The number of aromatic nitrogens is 2. The highest BCUT2D eigenvalue weighted by atomic mass is 16.5. The molecule has 0 aliphatic carbocycles. The summed E-state index contributed by atoms with van der Waals surface area (Å²) in [4.78, 5) is 28.9. The average Bonchev–Trinajstić information content (AvgIpc) is 2.97. The van der Waals surface area contributed by atoms with Crippen LogP contribution in [0.1, 0.15) is 0 Å². The smallest absolute Gasteiger partial charge is 0.420 e. The molecule has 0 saturated carbocycles. The second-order valence-electron chi connectivity index (χ2n) is 5.70. The van der Waals surface area contributed by atoms with Crippen molar-refractivity contribution in [3.8, 4) is 5.88 Å². The van der Waals surface area contributed by atoms with Crippen LogP contribution in [-0.2, 0) is 11.3 Å². The zero-order valence-electron chi connectivity index (χ0n) is 13.9. The number of amides is 1. The summed E-state index contributed by atoms with van der Waals surface area (Å²) in [6, 6.07) is 16.1. The van der Waals surface area contributed by atoms with Gasteiger partial charge in [-0.15, -0.1) is 0 Å². The van der Waals surface area contributed by atoms with Gasteiger partial charge in [-0.25, -0.2) is 9.78 Å². The van der Waals surface area contributed by atoms with Gasteiger partial charge in [0.2, 0.25) is 11.8 Å². The van der Waals surface area contributed by atoms with Crippen LogP contribution in [0.15, 0.2) is 63.8 Å². The number of carbonyl (C=O) groups is 1. The first-order chi connectivity index (χ1) is 12.7. The fraction of sp³-hybridized carbons (Fsp3) is 0.105. The minimum atomic E-state index is -0.570. The van der Waals surface area contributed by atoms with Crippen molar-refractivity contribution in [2.75, 3.05) is 12.4 Å². The molecule has 4 rings (SSSR count). The molecule has 7 nitrogen and oxygen atoms in total. The summed E-state index contributed by atoms with van der Waals surface area (Å²) in [6.07, 6.45) is 0. The number of hydrogen-bond donors (Lipinski definition) is 1. The number of hydrogen-bond acceptors (Lipinski definition) is 5. The molecule has 0 bridgehead atoms. The number of fused-ring (bicyclic) bond motifs is 2. The molecule has 1 amide bonds. The predicted octanol–water partition coefficient (Wildman–Crippen LogP) is 2.79. The van der Waals surface area contributed by atoms with Crippen LogP contribution in [-0.4, -0.2) is 22.6 Å². The minimum absolute atomic E-state index is 0.157. The number of nitrogens with one attached hydrogen (secondary N) is 1. The van der Waals surface area contributed by atoms with Gasteiger partial charge in [0.25, 0.3) is 0 Å². The van der Waals surface area contributed by atoms with Crippen LogP contribution in [0.4, 0.5) is 5.69 Å². The Morgan fingerprint density at radius 1 is 1.15 bits per heavy atom. The lowest BCUT2D eigenvalue weighted by molar-refractivity contribution is -0.116. The second kappa shape index (κ2) is 6.36. The van der Waals surface area contributed by atoms with Gasteiger partial charge >= 0.3 is 5.76 Å². The third kappa shape index (κ3) is 2.79. The number of benzene rings is 2. The lowest BCUT2D eigenvalue weighted by Gasteiger charge is -2.09. The van der Waals surface area contributed by atoms with Crippen LogP contribution in [0.5, 0.6) is 5.88 Å². The molecular formula is C19H15N3O4. The van der Waals surface area contributed by atoms with E-state index in [1.54, 1.807) is 36.4 Å². The van der Waals surface area contributed by atoms with Gasteiger partial charge < -0.3 is 14.5 Å². The number of methoxy groups -OCH3 is 1. The molecular weight excluding hydrogens is 334 g/mol. The highest BCUT2D eigenvalue weighted by Crippen LogP contribution is 2.24. The Bertz CT molecular complexity index is 1180. The molecule has 2 aromatic heterocycles. The monoisotopic (exact) mass is 349 g/mol. The predicted molar refractivity (Wildman–Crippen MR) is 97.4 cm³/mol. The Morgan fingerprint density at radius 3 is 2.85 bits per heavy atom. The first kappa shape index (κ1) is 15.9. The summed E-state index contributed by atoms with van der Waals surface area (Å²) >= 11 is 0. The summed E-state index contributed by atoms with van der Waals surface area (Å²) < 4.78 is 11.6. The van der Waals surface area contributed by atoms with E-state index in [1.807, 2.05) is 18.2 Å². The Kier molecular flexibility index (Phi) is 3.89. The summed E-state index contributed by atoms with van der Waals surface area (Å²) in [5.41, 5.74) is 2.18. The van der Waals surface area contributed by atoms with E-state index in [0.717, 1.165) is 5.39 Å². The van der Waals surface area contributed by atoms with Crippen LogP contribution < -0.4 is 15.8 Å². The number of anilines is 1. The quantitative estimate of drug-likeness (QED) is 0.612. The zero-order chi connectivity index (χ0) is 18.1. The molecule has 0 aliphatic rings. The zero-order valence-corrected chi connectivity index (χ0v) is 13.9. The molecule has 2 heterocycles. The number of oxazole rings is 1. The highest BCUT2D eigenvalue weighted by molar-refractivity contribution is 6.00. The first-order valence-corrected chi connectivity index (χ1v) is 7.98. The van der Waals surface area contributed by atoms with Crippen molar-refractivity contribution < 1.29 is 13.9 Å². The molecule has 7 heteroatoms. The van der Waals surface area contributed by atoms with Gasteiger partial charge in [-0.3, -0.25) is 9.36 Å². The highest BCUT2D eigenvalue weighted by Gasteiger charge is 2.14. The lowest BCUT2D eigenvalue weighted by Crippen LogP contribution is -2.24. The fourth-order valence-electron chi connectivity index (χ4n) is 2.84. The van der Waals surface area contributed by atoms with Gasteiger partial charge in [0, 0.05) is 11.5 Å². The molecule has 0 spiro atoms. The van der Waals surface area contributed by atoms with Crippen molar-refractivity contribution in [2.45, 2.75) is 6.54 Å². The van der Waals surface area contributed by atoms with Gasteiger partial charge in [-0.05, 0) is 24.3 Å². The maximum Gasteiger partial charge on any atom is 0.420 e. The molecule has 0 fully saturated rings. The van der Waals surface area contributed by atoms with E-state index in [-0.39, 0.29) is 12.5 Å². The van der Waals surface area contributed by atoms with Gasteiger partial charge in [-0.2, -0.15) is 0 Å². The number of pyridine rings is 1. The second-order valence-corrected chi connectivity index (χ2v) is 5.70. The van der Waals surface area contributed by atoms with Crippen LogP contribution in [0.2, 0.25) is 0 Å². The number of ether oxygens (including phenoxy) is 1. The van der Waals surface area contributed by atoms with Crippen LogP contribution in [0, 0.1) is 0 Å². The maximum atomic E-state index is 12.5. The van der Waals surface area contributed by atoms with Crippen LogP contribution in [0.3, 0.4) is 0 Å². The van der Waals surface area contributed by atoms with Crippen LogP contribution >= 0.6 is 0 Å². The lowest BCUT2D eigenvalue weighted by atomic mass is 10.2. The summed E-state index contributed by atoms with van der Waals surface area (Å²) in [5, 5.41) is 3.68. The Labute approximate surface area is 147 Å². The molecule has 0 saturated heterocycles. The first-order valence-electron chi connectivity index (χ1n) is 7.98. The topological polar surface area (TPSA) is 86.4 Å². The van der Waals surface area contributed by atoms with E-state index in [2.05, 4.69) is 10.3 Å². The van der Waals surface area contributed by atoms with Gasteiger partial charge in [0.1, 0.15) is 6.54 Å². The van der Waals surface area contributed by atoms with Gasteiger partial charge in [0.05, 0.1) is 23.8 Å². The van der Waals surface area contributed by atoms with Crippen molar-refractivity contribution in [3.63, 3.8) is 0 Å².